The minimum Gasteiger partial charge on any atom is -0.486 e. The van der Waals surface area contributed by atoms with E-state index in [0.717, 1.165) is 41.1 Å². The zero-order valence-electron chi connectivity index (χ0n) is 12.5. The molecule has 0 spiro atoms. The van der Waals surface area contributed by atoms with Crippen LogP contribution < -0.4 is 10.1 Å². The fourth-order valence-electron chi connectivity index (χ4n) is 1.98. The van der Waals surface area contributed by atoms with Crippen LogP contribution in [0, 0.1) is 6.92 Å². The van der Waals surface area contributed by atoms with Crippen LogP contribution in [-0.2, 0) is 13.2 Å². The van der Waals surface area contributed by atoms with Gasteiger partial charge in [-0.3, -0.25) is 4.98 Å². The Kier molecular flexibility index (Phi) is 6.21. The molecule has 4 heteroatoms. The second kappa shape index (κ2) is 8.15. The normalized spacial score (nSPS) is 10.6. The fraction of sp³-hybridized carbons (Fsp3) is 0.353. The first-order valence-corrected chi connectivity index (χ1v) is 8.03. The first-order chi connectivity index (χ1) is 10.2. The first kappa shape index (κ1) is 16.0. The van der Waals surface area contributed by atoms with Crippen LogP contribution in [0.1, 0.15) is 30.3 Å². The molecular weight excluding hydrogens is 328 g/mol. The summed E-state index contributed by atoms with van der Waals surface area (Å²) < 4.78 is 6.80. The maximum absolute atomic E-state index is 5.83. The van der Waals surface area contributed by atoms with Gasteiger partial charge in [-0.15, -0.1) is 0 Å². The van der Waals surface area contributed by atoms with Crippen LogP contribution in [0.3, 0.4) is 0 Å². The molecule has 0 aliphatic rings. The minimum absolute atomic E-state index is 0.475. The number of aryl methyl sites for hydroxylation is 1. The largest absolute Gasteiger partial charge is 0.486 e. The second-order valence-electron chi connectivity index (χ2n) is 5.02. The molecule has 1 aromatic carbocycles. The topological polar surface area (TPSA) is 34.1 Å². The average Bonchev–Trinajstić information content (AvgIpc) is 2.47. The lowest BCUT2D eigenvalue weighted by atomic mass is 10.2. The second-order valence-corrected chi connectivity index (χ2v) is 5.87. The number of pyridine rings is 1. The van der Waals surface area contributed by atoms with Crippen molar-refractivity contribution in [2.75, 3.05) is 6.54 Å². The van der Waals surface area contributed by atoms with Crippen LogP contribution in [0.5, 0.6) is 5.75 Å². The molecule has 1 heterocycles. The molecular formula is C17H21BrN2O. The van der Waals surface area contributed by atoms with Gasteiger partial charge in [-0.1, -0.05) is 19.1 Å². The third kappa shape index (κ3) is 5.14. The monoisotopic (exact) mass is 348 g/mol. The van der Waals surface area contributed by atoms with Crippen molar-refractivity contribution in [3.63, 3.8) is 0 Å². The van der Waals surface area contributed by atoms with Crippen molar-refractivity contribution in [1.29, 1.82) is 0 Å². The third-order valence-electron chi connectivity index (χ3n) is 3.06. The van der Waals surface area contributed by atoms with Crippen molar-refractivity contribution < 1.29 is 4.74 Å². The molecule has 0 aliphatic heterocycles. The molecule has 0 amide bonds. The van der Waals surface area contributed by atoms with E-state index in [1.54, 1.807) is 0 Å². The van der Waals surface area contributed by atoms with Gasteiger partial charge in [0.05, 0.1) is 15.9 Å². The molecule has 0 saturated heterocycles. The van der Waals surface area contributed by atoms with Gasteiger partial charge in [0.2, 0.25) is 0 Å². The number of aromatic nitrogens is 1. The molecule has 2 rings (SSSR count). The van der Waals surface area contributed by atoms with Gasteiger partial charge in [-0.2, -0.15) is 0 Å². The Morgan fingerprint density at radius 2 is 2.00 bits per heavy atom. The summed E-state index contributed by atoms with van der Waals surface area (Å²) in [4.78, 5) is 4.60. The quantitative estimate of drug-likeness (QED) is 0.760. The first-order valence-electron chi connectivity index (χ1n) is 7.23. The van der Waals surface area contributed by atoms with E-state index < -0.39 is 0 Å². The number of hydrogen-bond donors (Lipinski definition) is 1. The number of hydrogen-bond acceptors (Lipinski definition) is 3. The van der Waals surface area contributed by atoms with Crippen molar-refractivity contribution in [1.82, 2.24) is 10.3 Å². The Morgan fingerprint density at radius 1 is 1.19 bits per heavy atom. The van der Waals surface area contributed by atoms with Crippen molar-refractivity contribution in [3.05, 3.63) is 57.8 Å². The number of benzene rings is 1. The zero-order valence-corrected chi connectivity index (χ0v) is 14.1. The van der Waals surface area contributed by atoms with Gasteiger partial charge in [0.15, 0.2) is 0 Å². The van der Waals surface area contributed by atoms with Crippen molar-refractivity contribution >= 4 is 15.9 Å². The van der Waals surface area contributed by atoms with Gasteiger partial charge in [0, 0.05) is 6.54 Å². The van der Waals surface area contributed by atoms with E-state index in [0.29, 0.717) is 6.61 Å². The molecule has 0 radical (unpaired) electrons. The van der Waals surface area contributed by atoms with Crippen LogP contribution in [-0.4, -0.2) is 11.5 Å². The summed E-state index contributed by atoms with van der Waals surface area (Å²) in [7, 11) is 0. The van der Waals surface area contributed by atoms with Gasteiger partial charge in [0.25, 0.3) is 0 Å². The zero-order chi connectivity index (χ0) is 15.1. The lowest BCUT2D eigenvalue weighted by molar-refractivity contribution is 0.299. The maximum atomic E-state index is 5.83. The fourth-order valence-corrected chi connectivity index (χ4v) is 2.58. The maximum Gasteiger partial charge on any atom is 0.134 e. The summed E-state index contributed by atoms with van der Waals surface area (Å²) in [5, 5.41) is 3.36. The van der Waals surface area contributed by atoms with Gasteiger partial charge >= 0.3 is 0 Å². The smallest absolute Gasteiger partial charge is 0.134 e. The van der Waals surface area contributed by atoms with Crippen molar-refractivity contribution in [3.8, 4) is 5.75 Å². The van der Waals surface area contributed by atoms with E-state index in [4.69, 9.17) is 4.74 Å². The molecule has 1 aromatic heterocycles. The summed E-state index contributed by atoms with van der Waals surface area (Å²) in [5.41, 5.74) is 3.20. The number of nitrogens with zero attached hydrogens (tertiary/aromatic N) is 1. The molecule has 112 valence electrons. The lowest BCUT2D eigenvalue weighted by Crippen LogP contribution is -2.15. The van der Waals surface area contributed by atoms with Gasteiger partial charge < -0.3 is 10.1 Å². The summed E-state index contributed by atoms with van der Waals surface area (Å²) in [6.07, 6.45) is 1.13. The molecule has 0 aliphatic carbocycles. The number of ether oxygens (including phenoxy) is 1. The molecule has 0 atom stereocenters. The number of rotatable bonds is 7. The Morgan fingerprint density at radius 3 is 2.76 bits per heavy atom. The highest BCUT2D eigenvalue weighted by Gasteiger charge is 2.03. The molecule has 0 bridgehead atoms. The van der Waals surface area contributed by atoms with Crippen LogP contribution in [0.2, 0.25) is 0 Å². The molecule has 0 unspecified atom stereocenters. The molecule has 1 N–H and O–H groups in total. The number of halogens is 1. The van der Waals surface area contributed by atoms with E-state index in [1.807, 2.05) is 36.4 Å². The third-order valence-corrected chi connectivity index (χ3v) is 3.68. The average molecular weight is 349 g/mol. The molecule has 0 saturated carbocycles. The van der Waals surface area contributed by atoms with Gasteiger partial charge in [-0.25, -0.2) is 0 Å². The molecule has 3 nitrogen and oxygen atoms in total. The summed E-state index contributed by atoms with van der Waals surface area (Å²) >= 11 is 3.52. The predicted molar refractivity (Wildman–Crippen MR) is 89.4 cm³/mol. The van der Waals surface area contributed by atoms with Crippen LogP contribution in [0.4, 0.5) is 0 Å². The summed E-state index contributed by atoms with van der Waals surface area (Å²) in [6, 6.07) is 12.1. The van der Waals surface area contributed by atoms with Gasteiger partial charge in [-0.05, 0) is 65.6 Å². The Labute approximate surface area is 134 Å². The Hall–Kier alpha value is -1.39. The van der Waals surface area contributed by atoms with E-state index in [2.05, 4.69) is 40.1 Å². The van der Waals surface area contributed by atoms with Crippen LogP contribution in [0.15, 0.2) is 40.9 Å². The van der Waals surface area contributed by atoms with Crippen LogP contribution in [0.25, 0.3) is 0 Å². The predicted octanol–water partition coefficient (Wildman–Crippen LogP) is 4.23. The van der Waals surface area contributed by atoms with Crippen molar-refractivity contribution in [2.24, 2.45) is 0 Å². The molecule has 2 aromatic rings. The van der Waals surface area contributed by atoms with E-state index in [-0.39, 0.29) is 0 Å². The van der Waals surface area contributed by atoms with E-state index >= 15 is 0 Å². The molecule has 0 fully saturated rings. The van der Waals surface area contributed by atoms with Crippen molar-refractivity contribution in [2.45, 2.75) is 33.4 Å². The van der Waals surface area contributed by atoms with Crippen LogP contribution >= 0.6 is 15.9 Å². The Bertz CT molecular complexity index is 587. The SMILES string of the molecule is CCCNCc1cccc(COc2ccc(C)cc2Br)n1. The summed E-state index contributed by atoms with van der Waals surface area (Å²) in [6.45, 7) is 6.50. The highest BCUT2D eigenvalue weighted by molar-refractivity contribution is 9.10. The summed E-state index contributed by atoms with van der Waals surface area (Å²) in [5.74, 6) is 0.844. The van der Waals surface area contributed by atoms with E-state index in [9.17, 15) is 0 Å². The highest BCUT2D eigenvalue weighted by atomic mass is 79.9. The number of nitrogens with one attached hydrogen (secondary N) is 1. The lowest BCUT2D eigenvalue weighted by Gasteiger charge is -2.09. The minimum atomic E-state index is 0.475. The Balaban J connectivity index is 1.95. The standard InChI is InChI=1S/C17H21BrN2O/c1-3-9-19-11-14-5-4-6-15(20-14)12-21-17-8-7-13(2)10-16(17)18/h4-8,10,19H,3,9,11-12H2,1-2H3. The highest BCUT2D eigenvalue weighted by Crippen LogP contribution is 2.26. The van der Waals surface area contributed by atoms with E-state index in [1.165, 1.54) is 5.56 Å². The van der Waals surface area contributed by atoms with Gasteiger partial charge in [0.1, 0.15) is 12.4 Å². The molecule has 21 heavy (non-hydrogen) atoms.